The van der Waals surface area contributed by atoms with E-state index in [9.17, 15) is 0 Å². The van der Waals surface area contributed by atoms with E-state index in [1.165, 1.54) is 88.0 Å². The number of benzene rings is 12. The van der Waals surface area contributed by atoms with Crippen LogP contribution in [0, 0.1) is 13.8 Å². The Labute approximate surface area is 398 Å². The summed E-state index contributed by atoms with van der Waals surface area (Å²) in [5.41, 5.74) is 18.5. The summed E-state index contributed by atoms with van der Waals surface area (Å²) in [5, 5.41) is 7.32. The maximum absolute atomic E-state index is 2.50. The molecule has 0 atom stereocenters. The van der Waals surface area contributed by atoms with Gasteiger partial charge in [0.05, 0.1) is 11.4 Å². The highest BCUT2D eigenvalue weighted by Crippen LogP contribution is 2.53. The van der Waals surface area contributed by atoms with Crippen LogP contribution in [0.4, 0.5) is 34.1 Å². The summed E-state index contributed by atoms with van der Waals surface area (Å²) >= 11 is 0. The van der Waals surface area contributed by atoms with Crippen molar-refractivity contribution in [1.82, 2.24) is 0 Å². The van der Waals surface area contributed by atoms with E-state index in [1.807, 2.05) is 0 Å². The summed E-state index contributed by atoms with van der Waals surface area (Å²) in [6, 6.07) is 93.3. The lowest BCUT2D eigenvalue weighted by Gasteiger charge is -2.34. The third kappa shape index (κ3) is 7.15. The zero-order valence-electron chi connectivity index (χ0n) is 38.1. The zero-order chi connectivity index (χ0) is 45.6. The molecule has 0 radical (unpaired) electrons. The number of rotatable bonds is 10. The second-order valence-corrected chi connectivity index (χ2v) is 17.8. The number of nitrogens with zero attached hydrogens (tertiary/aromatic N) is 2. The largest absolute Gasteiger partial charge is 0.310 e. The van der Waals surface area contributed by atoms with E-state index in [1.54, 1.807) is 0 Å². The van der Waals surface area contributed by atoms with Crippen LogP contribution >= 0.6 is 0 Å². The Hall–Kier alpha value is -8.72. The number of hydrogen-bond donors (Lipinski definition) is 0. The lowest BCUT2D eigenvalue weighted by molar-refractivity contribution is 1.24. The van der Waals surface area contributed by atoms with E-state index in [0.717, 1.165) is 34.1 Å². The monoisotopic (exact) mass is 868 g/mol. The molecule has 0 amide bonds. The van der Waals surface area contributed by atoms with E-state index in [2.05, 4.69) is 278 Å². The molecule has 0 aromatic heterocycles. The van der Waals surface area contributed by atoms with Gasteiger partial charge >= 0.3 is 0 Å². The van der Waals surface area contributed by atoms with Crippen molar-refractivity contribution in [3.63, 3.8) is 0 Å². The molecule has 0 N–H and O–H groups in total. The minimum Gasteiger partial charge on any atom is -0.310 e. The smallest absolute Gasteiger partial charge is 0.0561 e. The van der Waals surface area contributed by atoms with E-state index < -0.39 is 0 Å². The number of hydrogen-bond acceptors (Lipinski definition) is 2. The quantitative estimate of drug-likeness (QED) is 0.126. The highest BCUT2D eigenvalue weighted by molar-refractivity contribution is 6.32. The summed E-state index contributed by atoms with van der Waals surface area (Å²) in [5.74, 6) is 0. The third-order valence-electron chi connectivity index (χ3n) is 13.6. The molecule has 0 spiro atoms. The summed E-state index contributed by atoms with van der Waals surface area (Å²) in [7, 11) is 0. The standard InChI is InChI=1S/C66H48N2/c1-45-33-35-51(47-21-9-3-10-22-47)41-61(45)67(53-29-17-7-18-30-53)63-44-64(68(54-31-19-8-20-32-54)62-42-52(36-34-46(62)2)48-23-11-4-12-24-48)58-40-38-56-60(50-27-15-6-16-28-50)43-59(49-25-13-5-14-26-49)55-37-39-57(63)66(58)65(55)56/h3-44H,1-2H3. The zero-order valence-corrected chi connectivity index (χ0v) is 38.1. The van der Waals surface area contributed by atoms with Gasteiger partial charge in [-0.3, -0.25) is 0 Å². The van der Waals surface area contributed by atoms with Gasteiger partial charge in [-0.05, 0) is 134 Å². The molecule has 322 valence electrons. The fourth-order valence-electron chi connectivity index (χ4n) is 10.3. The predicted octanol–water partition coefficient (Wildman–Crippen LogP) is 18.8. The third-order valence-corrected chi connectivity index (χ3v) is 13.6. The fourth-order valence-corrected chi connectivity index (χ4v) is 10.3. The van der Waals surface area contributed by atoms with Crippen molar-refractivity contribution in [2.24, 2.45) is 0 Å². The molecule has 0 unspecified atom stereocenters. The number of anilines is 6. The molecule has 0 aliphatic carbocycles. The predicted molar refractivity (Wildman–Crippen MR) is 291 cm³/mol. The lowest BCUT2D eigenvalue weighted by atomic mass is 9.84. The second-order valence-electron chi connectivity index (χ2n) is 17.8. The topological polar surface area (TPSA) is 6.48 Å². The first-order valence-electron chi connectivity index (χ1n) is 23.5. The summed E-state index contributed by atoms with van der Waals surface area (Å²) in [4.78, 5) is 5.01. The van der Waals surface area contributed by atoms with Gasteiger partial charge in [-0.2, -0.15) is 0 Å². The molecule has 0 aliphatic rings. The second kappa shape index (κ2) is 17.3. The Bertz CT molecular complexity index is 3480. The average Bonchev–Trinajstić information content (AvgIpc) is 3.41. The van der Waals surface area contributed by atoms with Gasteiger partial charge in [0.25, 0.3) is 0 Å². The molecule has 0 heterocycles. The Balaban J connectivity index is 1.25. The van der Waals surface area contributed by atoms with Crippen LogP contribution in [0.3, 0.4) is 0 Å². The minimum atomic E-state index is 1.09. The number of para-hydroxylation sites is 2. The van der Waals surface area contributed by atoms with Crippen molar-refractivity contribution in [1.29, 1.82) is 0 Å². The Kier molecular flexibility index (Phi) is 10.3. The first-order chi connectivity index (χ1) is 33.6. The highest BCUT2D eigenvalue weighted by Gasteiger charge is 2.27. The maximum Gasteiger partial charge on any atom is 0.0561 e. The van der Waals surface area contributed by atoms with Crippen molar-refractivity contribution in [3.8, 4) is 44.5 Å². The molecule has 0 saturated carbocycles. The Morgan fingerprint density at radius 2 is 0.559 bits per heavy atom. The van der Waals surface area contributed by atoms with E-state index >= 15 is 0 Å². The van der Waals surface area contributed by atoms with Gasteiger partial charge in [-0.25, -0.2) is 0 Å². The molecule has 0 fully saturated rings. The van der Waals surface area contributed by atoms with Crippen molar-refractivity contribution in [2.75, 3.05) is 9.80 Å². The average molecular weight is 869 g/mol. The van der Waals surface area contributed by atoms with Crippen LogP contribution in [0.25, 0.3) is 76.8 Å². The Morgan fingerprint density at radius 3 is 0.941 bits per heavy atom. The van der Waals surface area contributed by atoms with Crippen LogP contribution in [-0.4, -0.2) is 0 Å². The first kappa shape index (κ1) is 40.8. The van der Waals surface area contributed by atoms with Gasteiger partial charge in [-0.1, -0.05) is 206 Å². The lowest BCUT2D eigenvalue weighted by Crippen LogP contribution is -2.16. The van der Waals surface area contributed by atoms with Gasteiger partial charge in [0.2, 0.25) is 0 Å². The molecule has 2 nitrogen and oxygen atoms in total. The van der Waals surface area contributed by atoms with Crippen LogP contribution in [0.5, 0.6) is 0 Å². The SMILES string of the molecule is Cc1ccc(-c2ccccc2)cc1N(c1ccccc1)c1cc(N(c2ccccc2)c2cc(-c3ccccc3)ccc2C)c2ccc3c(-c4ccccc4)cc(-c4ccccc4)c4ccc1c2c43. The molecule has 12 aromatic rings. The van der Waals surface area contributed by atoms with E-state index in [0.29, 0.717) is 0 Å². The van der Waals surface area contributed by atoms with Gasteiger partial charge in [0.15, 0.2) is 0 Å². The molecular formula is C66H48N2. The molecular weight excluding hydrogens is 821 g/mol. The van der Waals surface area contributed by atoms with Crippen molar-refractivity contribution in [3.05, 3.63) is 266 Å². The van der Waals surface area contributed by atoms with Gasteiger partial charge in [-0.15, -0.1) is 0 Å². The van der Waals surface area contributed by atoms with Crippen LogP contribution in [-0.2, 0) is 0 Å². The van der Waals surface area contributed by atoms with Crippen molar-refractivity contribution < 1.29 is 0 Å². The molecule has 0 saturated heterocycles. The maximum atomic E-state index is 2.50. The normalized spacial score (nSPS) is 11.4. The highest BCUT2D eigenvalue weighted by atomic mass is 15.2. The van der Waals surface area contributed by atoms with Gasteiger partial charge in [0.1, 0.15) is 0 Å². The number of aryl methyl sites for hydroxylation is 2. The summed E-state index contributed by atoms with van der Waals surface area (Å²) in [6.07, 6.45) is 0. The van der Waals surface area contributed by atoms with Crippen LogP contribution in [0.1, 0.15) is 11.1 Å². The van der Waals surface area contributed by atoms with Crippen molar-refractivity contribution in [2.45, 2.75) is 13.8 Å². The molecule has 0 bridgehead atoms. The van der Waals surface area contributed by atoms with Gasteiger partial charge < -0.3 is 9.80 Å². The van der Waals surface area contributed by atoms with Gasteiger partial charge in [0, 0.05) is 38.9 Å². The van der Waals surface area contributed by atoms with Crippen LogP contribution in [0.15, 0.2) is 255 Å². The molecule has 0 aliphatic heterocycles. The summed E-state index contributed by atoms with van der Waals surface area (Å²) < 4.78 is 0. The fraction of sp³-hybridized carbons (Fsp3) is 0.0303. The van der Waals surface area contributed by atoms with Crippen molar-refractivity contribution >= 4 is 66.4 Å². The molecule has 2 heteroatoms. The van der Waals surface area contributed by atoms with E-state index in [-0.39, 0.29) is 0 Å². The minimum absolute atomic E-state index is 1.09. The first-order valence-corrected chi connectivity index (χ1v) is 23.5. The van der Waals surface area contributed by atoms with E-state index in [4.69, 9.17) is 0 Å². The molecule has 12 rings (SSSR count). The van der Waals surface area contributed by atoms with Crippen LogP contribution in [0.2, 0.25) is 0 Å². The Morgan fingerprint density at radius 1 is 0.235 bits per heavy atom. The molecule has 68 heavy (non-hydrogen) atoms. The van der Waals surface area contributed by atoms with Crippen LogP contribution < -0.4 is 9.80 Å². The summed E-state index contributed by atoms with van der Waals surface area (Å²) in [6.45, 7) is 4.48. The molecule has 12 aromatic carbocycles.